The van der Waals surface area contributed by atoms with E-state index >= 15 is 0 Å². The first kappa shape index (κ1) is 88.7. The van der Waals surface area contributed by atoms with E-state index in [4.69, 9.17) is 46.9 Å². The van der Waals surface area contributed by atoms with Crippen molar-refractivity contribution < 1.29 is 87.8 Å². The summed E-state index contributed by atoms with van der Waals surface area (Å²) in [6.45, 7) is 1.76. The zero-order chi connectivity index (χ0) is 79.2. The molecule has 111 heavy (non-hydrogen) atoms. The molecule has 0 bridgehead atoms. The Bertz CT molecular complexity index is 5380. The molecule has 0 amide bonds. The maximum atomic E-state index is 14.1. The Hall–Kier alpha value is -11.3. The van der Waals surface area contributed by atoms with E-state index in [-0.39, 0.29) is 99.4 Å². The van der Waals surface area contributed by atoms with Crippen molar-refractivity contribution in [2.24, 2.45) is 0 Å². The summed E-state index contributed by atoms with van der Waals surface area (Å²) in [5.74, 6) is 0.0391. The van der Waals surface area contributed by atoms with Crippen molar-refractivity contribution in [1.82, 2.24) is 72.3 Å². The highest BCUT2D eigenvalue weighted by molar-refractivity contribution is 6.19. The van der Waals surface area contributed by atoms with Crippen molar-refractivity contribution in [2.75, 3.05) is 0 Å². The first-order chi connectivity index (χ1) is 50.5. The van der Waals surface area contributed by atoms with Crippen LogP contribution in [0.5, 0.6) is 0 Å². The van der Waals surface area contributed by atoms with Crippen molar-refractivity contribution in [3.05, 3.63) is 270 Å². The highest BCUT2D eigenvalue weighted by Gasteiger charge is 2.42. The molecule has 586 valence electrons. The molecule has 1 N–H and O–H groups in total. The number of hydrogen-bond acceptors (Lipinski definition) is 13. The van der Waals surface area contributed by atoms with Crippen LogP contribution in [0.1, 0.15) is 72.7 Å². The molecule has 0 fully saturated rings. The normalized spacial score (nSPS) is 11.6. The molecule has 0 radical (unpaired) electrons. The van der Waals surface area contributed by atoms with Crippen LogP contribution in [0.2, 0.25) is 0 Å². The van der Waals surface area contributed by atoms with Gasteiger partial charge in [0.2, 0.25) is 0 Å². The van der Waals surface area contributed by atoms with Crippen LogP contribution in [0.3, 0.4) is 0 Å². The summed E-state index contributed by atoms with van der Waals surface area (Å²) in [5.41, 5.74) is -9.33. The molecule has 11 aromatic rings. The van der Waals surface area contributed by atoms with Crippen LogP contribution in [-0.4, -0.2) is 72.3 Å². The van der Waals surface area contributed by atoms with Gasteiger partial charge in [0.1, 0.15) is 23.2 Å². The lowest BCUT2D eigenvalue weighted by molar-refractivity contribution is -0.144. The van der Waals surface area contributed by atoms with E-state index in [1.165, 1.54) is 48.5 Å². The SMILES string of the molecule is C.C.C.Cc1ccc(-c2ccc(C(F)(F)F)cc2C(F)(F)F)nn1.FC(F)(F)c1ccc(-c2ccc(CCl)nn2)c(C(F)(F)F)c1.Fc1ccccc1-c1nc2ccn(Cc3ccc(-c4ccc(C(F)(F)F)cc4C(F)(F)F)nn3)cc-2n1.Fc1ccccc1-c1nc2ccncc2[nH]1.O=c1n(Cl)c(=O)n(Cl)c(=O)n1Cl. The lowest BCUT2D eigenvalue weighted by atomic mass is 10.00. The lowest BCUT2D eigenvalue weighted by Gasteiger charge is -2.15. The molecular weight excluding hydrogens is 1610 g/mol. The van der Waals surface area contributed by atoms with Gasteiger partial charge >= 0.3 is 54.1 Å². The van der Waals surface area contributed by atoms with Gasteiger partial charge in [-0.25, -0.2) is 38.1 Å². The minimum Gasteiger partial charge on any atom is -0.346 e. The third-order valence-electron chi connectivity index (χ3n) is 14.5. The number of nitrogens with zero attached hydrogens (tertiary/aromatic N) is 14. The zero-order valence-corrected chi connectivity index (χ0v) is 56.2. The second-order valence-corrected chi connectivity index (χ2v) is 23.1. The van der Waals surface area contributed by atoms with Gasteiger partial charge in [0.25, 0.3) is 0 Å². The molecule has 2 aliphatic heterocycles. The Morgan fingerprint density at radius 1 is 0.414 bits per heavy atom. The Kier molecular flexibility index (Phi) is 28.5. The summed E-state index contributed by atoms with van der Waals surface area (Å²) < 4.78 is 262. The Morgan fingerprint density at radius 2 is 0.820 bits per heavy atom. The van der Waals surface area contributed by atoms with E-state index in [9.17, 15) is 102 Å². The van der Waals surface area contributed by atoms with E-state index in [2.05, 4.69) is 55.5 Å². The molecule has 6 aromatic heterocycles. The first-order valence-corrected chi connectivity index (χ1v) is 31.1. The minimum absolute atomic E-state index is 0. The van der Waals surface area contributed by atoms with Gasteiger partial charge in [-0.3, -0.25) is 4.98 Å². The summed E-state index contributed by atoms with van der Waals surface area (Å²) in [6, 6.07) is 28.2. The molecule has 0 aliphatic carbocycles. The number of hydrogen-bond donors (Lipinski definition) is 1. The second kappa shape index (κ2) is 35.6. The molecule has 2 aliphatic rings. The van der Waals surface area contributed by atoms with E-state index in [1.807, 2.05) is 0 Å². The third-order valence-corrected chi connectivity index (χ3v) is 15.6. The van der Waals surface area contributed by atoms with Gasteiger partial charge in [-0.2, -0.15) is 110 Å². The number of rotatable bonds is 8. The van der Waals surface area contributed by atoms with E-state index in [0.29, 0.717) is 58.1 Å². The summed E-state index contributed by atoms with van der Waals surface area (Å²) in [7, 11) is 0. The number of halogens is 24. The number of fused-ring (bicyclic) bond motifs is 2. The van der Waals surface area contributed by atoms with Gasteiger partial charge in [-0.05, 0) is 116 Å². The van der Waals surface area contributed by atoms with Gasteiger partial charge in [0.15, 0.2) is 5.82 Å². The fraction of sp³-hybridized carbons (Fsp3) is 0.174. The second-order valence-electron chi connectivity index (χ2n) is 21.8. The molecule has 0 saturated carbocycles. The lowest BCUT2D eigenvalue weighted by Crippen LogP contribution is -2.47. The molecule has 0 spiro atoms. The van der Waals surface area contributed by atoms with Crippen LogP contribution >= 0.6 is 46.9 Å². The monoisotopic (exact) mass is 1660 g/mol. The molecule has 5 aromatic carbocycles. The van der Waals surface area contributed by atoms with E-state index < -0.39 is 110 Å². The number of aromatic nitrogens is 15. The quantitative estimate of drug-likeness (QED) is 0.111. The molecule has 0 atom stereocenters. The summed E-state index contributed by atoms with van der Waals surface area (Å²) >= 11 is 20.8. The number of alkyl halides is 19. The molecule has 18 nitrogen and oxygen atoms in total. The third kappa shape index (κ3) is 21.8. The smallest absolute Gasteiger partial charge is 0.346 e. The summed E-state index contributed by atoms with van der Waals surface area (Å²) in [4.78, 5) is 52.3. The number of aromatic amines is 1. The predicted octanol–water partition coefficient (Wildman–Crippen LogP) is 20.0. The van der Waals surface area contributed by atoms with Gasteiger partial charge in [-0.1, -0.05) is 64.7 Å². The number of H-pyrrole nitrogens is 1. The van der Waals surface area contributed by atoms with Gasteiger partial charge < -0.3 is 9.55 Å². The van der Waals surface area contributed by atoms with Gasteiger partial charge in [0, 0.05) is 70.6 Å². The van der Waals surface area contributed by atoms with Crippen LogP contribution < -0.4 is 17.1 Å². The highest BCUT2D eigenvalue weighted by Crippen LogP contribution is 2.44. The average Bonchev–Trinajstić information content (AvgIpc) is 1.75. The van der Waals surface area contributed by atoms with Crippen LogP contribution in [0.15, 0.2) is 191 Å². The number of nitrogens with one attached hydrogen (secondary N) is 1. The molecule has 8 heterocycles. The van der Waals surface area contributed by atoms with Crippen molar-refractivity contribution in [1.29, 1.82) is 0 Å². The Morgan fingerprint density at radius 3 is 1.20 bits per heavy atom. The molecular formula is C69H49Cl4F20N15O3. The maximum Gasteiger partial charge on any atom is 0.417 e. The molecule has 42 heteroatoms. The van der Waals surface area contributed by atoms with Crippen molar-refractivity contribution >= 4 is 58.0 Å². The number of aryl methyl sites for hydroxylation is 1. The van der Waals surface area contributed by atoms with Crippen LogP contribution in [0, 0.1) is 18.6 Å². The number of imidazole rings is 2. The fourth-order valence-electron chi connectivity index (χ4n) is 9.36. The number of benzene rings is 5. The minimum atomic E-state index is -5.02. The molecule has 0 saturated heterocycles. The molecule has 13 rings (SSSR count). The van der Waals surface area contributed by atoms with E-state index in [1.54, 1.807) is 84.8 Å². The van der Waals surface area contributed by atoms with Crippen molar-refractivity contribution in [2.45, 2.75) is 78.7 Å². The van der Waals surface area contributed by atoms with Crippen LogP contribution in [0.25, 0.3) is 79.0 Å². The van der Waals surface area contributed by atoms with E-state index in [0.717, 1.165) is 29.2 Å². The largest absolute Gasteiger partial charge is 0.417 e. The summed E-state index contributed by atoms with van der Waals surface area (Å²) in [5, 5.41) is 22.1. The fourth-order valence-corrected chi connectivity index (χ4v) is 10.1. The average molecular weight is 1660 g/mol. The van der Waals surface area contributed by atoms with Gasteiger partial charge in [0.05, 0.1) is 114 Å². The van der Waals surface area contributed by atoms with Crippen LogP contribution in [0.4, 0.5) is 87.8 Å². The standard InChI is InChI=1S/C25H14F7N5.C13H7ClF6N2.C13H8F6N2.C12H8FN3.C3Cl3N3O3.3CH4/c26-19-4-2-1-3-17(19)23-33-21-9-10-37(13-22(21)34-23)12-15-6-8-20(36-35-15)16-7-5-14(24(27,28)29)11-18(16)25(30,31)32;14-6-8-2-4-11(22-21-8)9-3-1-7(12(15,16)17)5-10(9)13(18,19)20;1-7-2-5-11(21-20-7)9-4-3-8(12(14,15)16)6-10(9)13(17,18)19;13-9-4-2-1-3-8(9)12-15-10-5-6-14-7-11(10)16-12;4-7-1(10)8(5)3(12)9(6)2(7)11;;;/h1-11,13H,12H2;1-5H,6H2;2-6H,1H3;1-7H,(H,15,16);;3*1H4. The van der Waals surface area contributed by atoms with Crippen molar-refractivity contribution in [3.8, 4) is 67.9 Å². The zero-order valence-electron chi connectivity index (χ0n) is 53.2. The topological polar surface area (TPSA) is 216 Å². The highest BCUT2D eigenvalue weighted by atomic mass is 35.5. The maximum absolute atomic E-state index is 14.1. The molecule has 0 unspecified atom stereocenters. The Balaban J connectivity index is 0.000000227. The number of pyridine rings is 2. The van der Waals surface area contributed by atoms with Crippen molar-refractivity contribution in [3.63, 3.8) is 0 Å². The van der Waals surface area contributed by atoms with Gasteiger partial charge in [-0.15, -0.1) is 23.9 Å². The first-order valence-electron chi connectivity index (χ1n) is 29.5. The summed E-state index contributed by atoms with van der Waals surface area (Å²) in [6.07, 6.45) is -22.9. The van der Waals surface area contributed by atoms with Crippen LogP contribution in [-0.2, 0) is 49.5 Å². The predicted molar refractivity (Wildman–Crippen MR) is 370 cm³/mol. The Labute approximate surface area is 632 Å².